The van der Waals surface area contributed by atoms with E-state index in [0.717, 1.165) is 15.9 Å². The molecule has 5 aromatic carbocycles. The lowest BCUT2D eigenvalue weighted by Gasteiger charge is -2.25. The van der Waals surface area contributed by atoms with Gasteiger partial charge in [-0.15, -0.1) is 0 Å². The second-order valence-corrected chi connectivity index (χ2v) is 12.9. The van der Waals surface area contributed by atoms with Crippen LogP contribution in [0.15, 0.2) is 151 Å². The van der Waals surface area contributed by atoms with Gasteiger partial charge < -0.3 is 15.4 Å². The Morgan fingerprint density at radius 3 is 1.66 bits per heavy atom. The Morgan fingerprint density at radius 2 is 1.20 bits per heavy atom. The van der Waals surface area contributed by atoms with Gasteiger partial charge in [0.2, 0.25) is 0 Å². The normalized spacial score (nSPS) is 11.3. The van der Waals surface area contributed by atoms with E-state index >= 15 is 0 Å². The van der Waals surface area contributed by atoms with Crippen LogP contribution in [0.4, 0.5) is 11.4 Å². The molecule has 5 aromatic rings. The van der Waals surface area contributed by atoms with Gasteiger partial charge in [0, 0.05) is 17.3 Å². The van der Waals surface area contributed by atoms with E-state index in [-0.39, 0.29) is 22.8 Å². The lowest BCUT2D eigenvalue weighted by Crippen LogP contribution is -2.35. The largest absolute Gasteiger partial charge is 0.490 e. The van der Waals surface area contributed by atoms with Crippen molar-refractivity contribution in [3.8, 4) is 5.75 Å². The molecule has 0 aliphatic carbocycles. The molecule has 9 heteroatoms. The van der Waals surface area contributed by atoms with E-state index in [4.69, 9.17) is 4.74 Å². The third kappa shape index (κ3) is 6.41. The Kier molecular flexibility index (Phi) is 9.23. The van der Waals surface area contributed by atoms with Crippen molar-refractivity contribution in [2.75, 3.05) is 12.4 Å². The maximum atomic E-state index is 14.1. The van der Waals surface area contributed by atoms with Crippen LogP contribution < -0.4 is 31.3 Å². The second kappa shape index (κ2) is 13.6. The molecule has 0 aliphatic rings. The van der Waals surface area contributed by atoms with Crippen molar-refractivity contribution in [2.45, 2.75) is 0 Å². The van der Waals surface area contributed by atoms with E-state index in [2.05, 4.69) is 10.6 Å². The van der Waals surface area contributed by atoms with Gasteiger partial charge >= 0.3 is 5.69 Å². The molecule has 2 N–H and O–H groups in total. The van der Waals surface area contributed by atoms with Crippen molar-refractivity contribution in [3.05, 3.63) is 167 Å². The van der Waals surface area contributed by atoms with Gasteiger partial charge in [-0.05, 0) is 60.7 Å². The number of rotatable bonds is 10. The summed E-state index contributed by atoms with van der Waals surface area (Å²) in [5.41, 5.74) is 0.242. The lowest BCUT2D eigenvalue weighted by atomic mass is 10.2. The lowest BCUT2D eigenvalue weighted by molar-refractivity contribution is -0.385. The van der Waals surface area contributed by atoms with Crippen molar-refractivity contribution in [2.24, 2.45) is 0 Å². The molecule has 0 saturated heterocycles. The van der Waals surface area contributed by atoms with Crippen molar-refractivity contribution in [3.63, 3.8) is 0 Å². The van der Waals surface area contributed by atoms with Crippen LogP contribution in [0.5, 0.6) is 5.75 Å². The standard InChI is InChI=1S/C35H28N3O5P/c1-43-33-23-22-27(24-32(33)38(41)42)36-35(40)31(37-34(39)26-14-6-2-7-15-26)25-44(28-16-8-3-9-17-28,29-18-10-4-11-19-29)30-20-12-5-13-21-30/h2-25H,1H3,(H-,36,37,39,40)/p+1. The van der Waals surface area contributed by atoms with Crippen molar-refractivity contribution < 1.29 is 19.2 Å². The maximum Gasteiger partial charge on any atom is 0.312 e. The number of carbonyl (C=O) groups excluding carboxylic acids is 2. The number of methoxy groups -OCH3 is 1. The highest BCUT2D eigenvalue weighted by Crippen LogP contribution is 2.57. The van der Waals surface area contributed by atoms with Crippen LogP contribution in [-0.2, 0) is 4.79 Å². The van der Waals surface area contributed by atoms with E-state index in [1.54, 1.807) is 30.3 Å². The highest BCUT2D eigenvalue weighted by Gasteiger charge is 2.45. The van der Waals surface area contributed by atoms with Crippen LogP contribution >= 0.6 is 7.26 Å². The first kappa shape index (κ1) is 29.9. The smallest absolute Gasteiger partial charge is 0.312 e. The van der Waals surface area contributed by atoms with E-state index in [9.17, 15) is 19.7 Å². The molecule has 0 aliphatic heterocycles. The number of nitrogens with one attached hydrogen (secondary N) is 2. The molecule has 0 unspecified atom stereocenters. The molecule has 0 saturated carbocycles. The van der Waals surface area contributed by atoms with Crippen molar-refractivity contribution in [1.82, 2.24) is 5.32 Å². The zero-order valence-corrected chi connectivity index (χ0v) is 24.7. The molecule has 218 valence electrons. The number of anilines is 1. The Morgan fingerprint density at radius 1 is 0.727 bits per heavy atom. The van der Waals surface area contributed by atoms with Gasteiger partial charge in [-0.2, -0.15) is 0 Å². The van der Waals surface area contributed by atoms with E-state index < -0.39 is 24.0 Å². The summed E-state index contributed by atoms with van der Waals surface area (Å²) >= 11 is 0. The second-order valence-electron chi connectivity index (χ2n) is 9.69. The van der Waals surface area contributed by atoms with Crippen LogP contribution in [0, 0.1) is 10.1 Å². The molecule has 2 amide bonds. The average molecular weight is 603 g/mol. The minimum atomic E-state index is -2.72. The topological polar surface area (TPSA) is 111 Å². The van der Waals surface area contributed by atoms with Crippen molar-refractivity contribution >= 4 is 46.4 Å². The Labute approximate surface area is 255 Å². The summed E-state index contributed by atoms with van der Waals surface area (Å²) in [6.07, 6.45) is 0. The molecule has 0 atom stereocenters. The minimum absolute atomic E-state index is 0.00205. The van der Waals surface area contributed by atoms with Gasteiger partial charge in [-0.1, -0.05) is 72.8 Å². The molecular weight excluding hydrogens is 573 g/mol. The number of ether oxygens (including phenoxy) is 1. The zero-order chi connectivity index (χ0) is 30.9. The number of nitro groups is 1. The fraction of sp³-hybridized carbons (Fsp3) is 0.0286. The van der Waals surface area contributed by atoms with E-state index in [1.165, 1.54) is 25.3 Å². The van der Waals surface area contributed by atoms with Crippen LogP contribution in [0.2, 0.25) is 0 Å². The summed E-state index contributed by atoms with van der Waals surface area (Å²) in [7, 11) is -1.39. The number of hydrogen-bond donors (Lipinski definition) is 2. The number of benzene rings is 5. The predicted molar refractivity (Wildman–Crippen MR) is 175 cm³/mol. The average Bonchev–Trinajstić information content (AvgIpc) is 3.08. The number of nitrogens with zero attached hydrogens (tertiary/aromatic N) is 1. The summed E-state index contributed by atoms with van der Waals surface area (Å²) in [4.78, 5) is 38.7. The minimum Gasteiger partial charge on any atom is -0.490 e. The fourth-order valence-corrected chi connectivity index (χ4v) is 8.73. The third-order valence-corrected chi connectivity index (χ3v) is 11.0. The van der Waals surface area contributed by atoms with Crippen LogP contribution in [0.1, 0.15) is 10.4 Å². The van der Waals surface area contributed by atoms with Crippen LogP contribution in [0.25, 0.3) is 0 Å². The molecule has 0 bridgehead atoms. The summed E-state index contributed by atoms with van der Waals surface area (Å²) in [6.45, 7) is 0. The summed E-state index contributed by atoms with van der Waals surface area (Å²) in [5.74, 6) is 0.797. The van der Waals surface area contributed by atoms with E-state index in [0.29, 0.717) is 5.56 Å². The predicted octanol–water partition coefficient (Wildman–Crippen LogP) is 5.81. The summed E-state index contributed by atoms with van der Waals surface area (Å²) < 4.78 is 5.11. The highest BCUT2D eigenvalue weighted by molar-refractivity contribution is 7.98. The molecule has 0 fully saturated rings. The molecule has 8 nitrogen and oxygen atoms in total. The van der Waals surface area contributed by atoms with E-state index in [1.807, 2.05) is 96.8 Å². The molecule has 0 radical (unpaired) electrons. The number of nitro benzene ring substituents is 1. The SMILES string of the molecule is COc1ccc(NC(=O)C(=C[P+](c2ccccc2)(c2ccccc2)c2ccccc2)NC(=O)c2ccccc2)cc1[N+](=O)[O-]. The van der Waals surface area contributed by atoms with Gasteiger partial charge in [-0.3, -0.25) is 19.7 Å². The summed E-state index contributed by atoms with van der Waals surface area (Å²) in [6, 6.07) is 42.3. The number of amides is 2. The van der Waals surface area contributed by atoms with Gasteiger partial charge in [0.05, 0.1) is 12.0 Å². The molecule has 0 heterocycles. The molecule has 5 rings (SSSR count). The molecule has 0 spiro atoms. The Balaban J connectivity index is 1.72. The number of hydrogen-bond acceptors (Lipinski definition) is 5. The van der Waals surface area contributed by atoms with Gasteiger partial charge in [0.15, 0.2) is 5.75 Å². The third-order valence-electron chi connectivity index (χ3n) is 6.98. The van der Waals surface area contributed by atoms with Gasteiger partial charge in [0.1, 0.15) is 34.7 Å². The van der Waals surface area contributed by atoms with Crippen LogP contribution in [-0.4, -0.2) is 23.8 Å². The van der Waals surface area contributed by atoms with Crippen molar-refractivity contribution in [1.29, 1.82) is 0 Å². The molecule has 44 heavy (non-hydrogen) atoms. The Bertz CT molecular complexity index is 1700. The van der Waals surface area contributed by atoms with Gasteiger partial charge in [0.25, 0.3) is 11.8 Å². The maximum absolute atomic E-state index is 14.1. The Hall–Kier alpha value is -5.59. The first-order chi connectivity index (χ1) is 21.4. The first-order valence-electron chi connectivity index (χ1n) is 13.7. The van der Waals surface area contributed by atoms with Gasteiger partial charge in [-0.25, -0.2) is 0 Å². The summed E-state index contributed by atoms with van der Waals surface area (Å²) in [5, 5.41) is 20.2. The number of carbonyl (C=O) groups is 2. The first-order valence-corrected chi connectivity index (χ1v) is 15.6. The molecular formula is C35H29N3O5P+. The fourth-order valence-electron chi connectivity index (χ4n) is 4.89. The molecule has 0 aromatic heterocycles. The van der Waals surface area contributed by atoms with Crippen LogP contribution in [0.3, 0.4) is 0 Å². The zero-order valence-electron chi connectivity index (χ0n) is 23.8. The quantitative estimate of drug-likeness (QED) is 0.0908. The highest BCUT2D eigenvalue weighted by atomic mass is 31.2. The monoisotopic (exact) mass is 602 g/mol.